The van der Waals surface area contributed by atoms with Crippen LogP contribution in [-0.2, 0) is 0 Å². The first kappa shape index (κ1) is 11.5. The van der Waals surface area contributed by atoms with Crippen LogP contribution in [0.5, 0.6) is 0 Å². The predicted molar refractivity (Wildman–Crippen MR) is 73.0 cm³/mol. The molecule has 3 aromatic rings. The van der Waals surface area contributed by atoms with Gasteiger partial charge in [0.2, 0.25) is 17.4 Å². The van der Waals surface area contributed by atoms with E-state index < -0.39 is 0 Å². The number of hydrogen-bond donors (Lipinski definition) is 2. The van der Waals surface area contributed by atoms with Gasteiger partial charge in [0.15, 0.2) is 0 Å². The Morgan fingerprint density at radius 1 is 1.56 bits per heavy atom. The Morgan fingerprint density at radius 3 is 3.00 bits per heavy atom. The van der Waals surface area contributed by atoms with Gasteiger partial charge in [0.1, 0.15) is 0 Å². The molecule has 0 amide bonds. The van der Waals surface area contributed by atoms with Crippen LogP contribution >= 0.6 is 27.3 Å². The molecule has 3 aromatic heterocycles. The Balaban J connectivity index is 2.22. The quantitative estimate of drug-likeness (QED) is 0.709. The number of nitrogens with zero attached hydrogens (tertiary/aromatic N) is 1. The van der Waals surface area contributed by atoms with Gasteiger partial charge in [0.25, 0.3) is 0 Å². The number of hydrogen-bond acceptors (Lipinski definition) is 5. The van der Waals surface area contributed by atoms with E-state index in [-0.39, 0.29) is 11.7 Å². The first-order chi connectivity index (χ1) is 8.58. The van der Waals surface area contributed by atoms with Crippen molar-refractivity contribution in [1.29, 1.82) is 0 Å². The number of nitrogens with two attached hydrogens (primary N) is 1. The van der Waals surface area contributed by atoms with Gasteiger partial charge in [0, 0.05) is 5.69 Å². The number of nitrogen functional groups attached to an aromatic ring is 1. The molecule has 0 bridgehead atoms. The summed E-state index contributed by atoms with van der Waals surface area (Å²) in [4.78, 5) is 13.0. The molecule has 0 aromatic carbocycles. The Kier molecular flexibility index (Phi) is 2.53. The van der Waals surface area contributed by atoms with Crippen LogP contribution in [0, 0.1) is 6.92 Å². The molecule has 7 heteroatoms. The molecule has 0 aliphatic rings. The molecule has 0 radical (unpaired) electrons. The zero-order chi connectivity index (χ0) is 12.9. The molecule has 18 heavy (non-hydrogen) atoms. The summed E-state index contributed by atoms with van der Waals surface area (Å²) in [7, 11) is 0. The summed E-state index contributed by atoms with van der Waals surface area (Å²) in [5, 5.41) is 7.38. The van der Waals surface area contributed by atoms with Gasteiger partial charge in [-0.25, -0.2) is 0 Å². The van der Waals surface area contributed by atoms with E-state index in [0.717, 1.165) is 9.48 Å². The van der Waals surface area contributed by atoms with Gasteiger partial charge >= 0.3 is 0 Å². The van der Waals surface area contributed by atoms with Crippen molar-refractivity contribution in [3.8, 4) is 0 Å². The highest BCUT2D eigenvalue weighted by Gasteiger charge is 2.24. The van der Waals surface area contributed by atoms with Crippen molar-refractivity contribution in [1.82, 2.24) is 10.2 Å². The number of halogens is 1. The van der Waals surface area contributed by atoms with Crippen LogP contribution in [0.2, 0.25) is 0 Å². The fourth-order valence-electron chi connectivity index (χ4n) is 1.84. The lowest BCUT2D eigenvalue weighted by Gasteiger charge is -1.96. The van der Waals surface area contributed by atoms with E-state index in [0.29, 0.717) is 21.5 Å². The maximum absolute atomic E-state index is 12.4. The minimum Gasteiger partial charge on any atom is -0.420 e. The molecule has 0 saturated heterocycles. The number of aromatic amines is 1. The average molecular weight is 326 g/mol. The highest BCUT2D eigenvalue weighted by atomic mass is 79.9. The van der Waals surface area contributed by atoms with Crippen molar-refractivity contribution in [3.63, 3.8) is 0 Å². The second-order valence-corrected chi connectivity index (χ2v) is 6.27. The van der Waals surface area contributed by atoms with E-state index in [1.807, 2.05) is 13.0 Å². The molecule has 0 aliphatic heterocycles. The van der Waals surface area contributed by atoms with Gasteiger partial charge < -0.3 is 10.2 Å². The van der Waals surface area contributed by atoms with Crippen LogP contribution in [0.15, 0.2) is 20.3 Å². The molecule has 5 nitrogen and oxygen atoms in total. The largest absolute Gasteiger partial charge is 0.420 e. The number of ketones is 1. The third kappa shape index (κ3) is 1.58. The molecule has 3 N–H and O–H groups in total. The number of fused-ring (bicyclic) bond motifs is 1. The predicted octanol–water partition coefficient (Wildman–Crippen LogP) is 3.10. The number of furan rings is 1. The number of carbonyl (C=O) groups excluding carboxylic acids is 1. The Bertz CT molecular complexity index is 756. The maximum atomic E-state index is 12.4. The van der Waals surface area contributed by atoms with Crippen LogP contribution in [-0.4, -0.2) is 16.0 Å². The second kappa shape index (κ2) is 3.96. The van der Waals surface area contributed by atoms with Crippen molar-refractivity contribution in [2.75, 3.05) is 5.73 Å². The van der Waals surface area contributed by atoms with Gasteiger partial charge in [-0.2, -0.15) is 0 Å². The topological polar surface area (TPSA) is 84.9 Å². The van der Waals surface area contributed by atoms with Gasteiger partial charge in [-0.05, 0) is 35.0 Å². The van der Waals surface area contributed by atoms with Gasteiger partial charge in [0.05, 0.1) is 19.6 Å². The Labute approximate surface area is 114 Å². The van der Waals surface area contributed by atoms with Crippen LogP contribution < -0.4 is 5.73 Å². The summed E-state index contributed by atoms with van der Waals surface area (Å²) >= 11 is 4.69. The molecule has 0 fully saturated rings. The Morgan fingerprint density at radius 2 is 2.33 bits per heavy atom. The Hall–Kier alpha value is -1.60. The molecule has 92 valence electrons. The summed E-state index contributed by atoms with van der Waals surface area (Å²) in [6.07, 6.45) is 0. The zero-order valence-electron chi connectivity index (χ0n) is 9.28. The van der Waals surface area contributed by atoms with E-state index >= 15 is 0 Å². The molecular formula is C11H8BrN3O2S. The highest BCUT2D eigenvalue weighted by molar-refractivity contribution is 9.11. The number of rotatable bonds is 2. The van der Waals surface area contributed by atoms with Crippen molar-refractivity contribution in [2.45, 2.75) is 6.92 Å². The third-order valence-electron chi connectivity index (χ3n) is 2.64. The van der Waals surface area contributed by atoms with Crippen LogP contribution in [0.25, 0.3) is 11.1 Å². The number of carbonyl (C=O) groups is 1. The second-order valence-electron chi connectivity index (χ2n) is 3.80. The van der Waals surface area contributed by atoms with E-state index in [9.17, 15) is 4.79 Å². The van der Waals surface area contributed by atoms with E-state index in [2.05, 4.69) is 26.1 Å². The molecule has 0 aliphatic carbocycles. The lowest BCUT2D eigenvalue weighted by atomic mass is 10.1. The number of nitrogens with one attached hydrogen (secondary N) is 1. The third-order valence-corrected chi connectivity index (χ3v) is 4.26. The number of anilines is 1. The maximum Gasteiger partial charge on any atom is 0.248 e. The SMILES string of the molecule is Cc1[nH]nc2oc(N)c(C(=O)c3ccc(Br)s3)c12. The summed E-state index contributed by atoms with van der Waals surface area (Å²) in [6.45, 7) is 1.82. The van der Waals surface area contributed by atoms with Gasteiger partial charge in [-0.3, -0.25) is 9.89 Å². The van der Waals surface area contributed by atoms with Crippen molar-refractivity contribution in [2.24, 2.45) is 0 Å². The zero-order valence-corrected chi connectivity index (χ0v) is 11.7. The summed E-state index contributed by atoms with van der Waals surface area (Å²) < 4.78 is 6.17. The average Bonchev–Trinajstić information content (AvgIpc) is 2.97. The molecule has 0 unspecified atom stereocenters. The fraction of sp³-hybridized carbons (Fsp3) is 0.0909. The molecule has 0 saturated carbocycles. The van der Waals surface area contributed by atoms with Crippen LogP contribution in [0.1, 0.15) is 20.9 Å². The molecule has 3 rings (SSSR count). The van der Waals surface area contributed by atoms with Crippen LogP contribution in [0.3, 0.4) is 0 Å². The van der Waals surface area contributed by atoms with E-state index in [4.69, 9.17) is 10.2 Å². The fourth-order valence-corrected chi connectivity index (χ4v) is 3.17. The van der Waals surface area contributed by atoms with Crippen molar-refractivity contribution < 1.29 is 9.21 Å². The minimum atomic E-state index is -0.147. The van der Waals surface area contributed by atoms with Gasteiger partial charge in [-0.1, -0.05) is 0 Å². The van der Waals surface area contributed by atoms with Crippen molar-refractivity contribution >= 4 is 50.0 Å². The smallest absolute Gasteiger partial charge is 0.248 e. The van der Waals surface area contributed by atoms with Crippen LogP contribution in [0.4, 0.5) is 5.88 Å². The van der Waals surface area contributed by atoms with E-state index in [1.54, 1.807) is 6.07 Å². The summed E-state index contributed by atoms with van der Waals surface area (Å²) in [6, 6.07) is 3.58. The number of H-pyrrole nitrogens is 1. The molecule has 0 spiro atoms. The monoisotopic (exact) mass is 325 g/mol. The number of thiophene rings is 1. The summed E-state index contributed by atoms with van der Waals surface area (Å²) in [5.41, 5.74) is 7.28. The lowest BCUT2D eigenvalue weighted by molar-refractivity contribution is 0.104. The molecule has 0 atom stereocenters. The van der Waals surface area contributed by atoms with Crippen molar-refractivity contribution in [3.05, 3.63) is 32.1 Å². The standard InChI is InChI=1S/C11H8BrN3O2S/c1-4-7-8(10(13)17-11(7)15-14-4)9(16)5-2-3-6(12)18-5/h2-3H,13H2,1H3,(H,14,15). The highest BCUT2D eigenvalue weighted by Crippen LogP contribution is 2.33. The number of aryl methyl sites for hydroxylation is 1. The van der Waals surface area contributed by atoms with E-state index in [1.165, 1.54) is 11.3 Å². The molecule has 3 heterocycles. The molecular weight excluding hydrogens is 318 g/mol. The number of aromatic nitrogens is 2. The lowest BCUT2D eigenvalue weighted by Crippen LogP contribution is -2.01. The first-order valence-electron chi connectivity index (χ1n) is 5.11. The summed E-state index contributed by atoms with van der Waals surface area (Å²) in [5.74, 6) is -0.0365. The first-order valence-corrected chi connectivity index (χ1v) is 6.72. The minimum absolute atomic E-state index is 0.110. The van der Waals surface area contributed by atoms with Gasteiger partial charge in [-0.15, -0.1) is 16.4 Å². The normalized spacial score (nSPS) is 11.2.